The second kappa shape index (κ2) is 4.94. The predicted octanol–water partition coefficient (Wildman–Crippen LogP) is 3.26. The number of rotatable bonds is 0. The fourth-order valence-electron chi connectivity index (χ4n) is 1.30. The predicted molar refractivity (Wildman–Crippen MR) is 69.9 cm³/mol. The van der Waals surface area contributed by atoms with Gasteiger partial charge in [-0.2, -0.15) is 0 Å². The number of phenols is 2. The van der Waals surface area contributed by atoms with Gasteiger partial charge < -0.3 is 10.2 Å². The van der Waals surface area contributed by atoms with Crippen LogP contribution in [0.5, 0.6) is 11.5 Å². The van der Waals surface area contributed by atoms with Crippen LogP contribution >= 0.6 is 15.9 Å². The molecule has 17 heavy (non-hydrogen) atoms. The van der Waals surface area contributed by atoms with E-state index in [0.717, 1.165) is 10.0 Å². The molecule has 2 aromatic rings. The van der Waals surface area contributed by atoms with Gasteiger partial charge in [0, 0.05) is 10.0 Å². The fourth-order valence-corrected chi connectivity index (χ4v) is 1.57. The Labute approximate surface area is 108 Å². The molecule has 0 aliphatic heterocycles. The summed E-state index contributed by atoms with van der Waals surface area (Å²) in [7, 11) is 0. The zero-order valence-electron chi connectivity index (χ0n) is 8.81. The van der Waals surface area contributed by atoms with Crippen LogP contribution in [0, 0.1) is 11.8 Å². The van der Waals surface area contributed by atoms with Crippen molar-refractivity contribution in [2.24, 2.45) is 0 Å². The molecule has 0 amide bonds. The van der Waals surface area contributed by atoms with Crippen molar-refractivity contribution >= 4 is 15.9 Å². The van der Waals surface area contributed by atoms with Crippen LogP contribution < -0.4 is 0 Å². The first kappa shape index (κ1) is 11.6. The lowest BCUT2D eigenvalue weighted by atomic mass is 10.1. The molecule has 3 heteroatoms. The molecule has 0 bridgehead atoms. The first-order valence-corrected chi connectivity index (χ1v) is 5.74. The maximum atomic E-state index is 9.56. The number of hydrogen-bond acceptors (Lipinski definition) is 2. The molecular formula is C14H9BrO2. The highest BCUT2D eigenvalue weighted by Crippen LogP contribution is 2.27. The maximum absolute atomic E-state index is 9.56. The normalized spacial score (nSPS) is 9.47. The fraction of sp³-hybridized carbons (Fsp3) is 0. The van der Waals surface area contributed by atoms with Crippen LogP contribution in [-0.2, 0) is 0 Å². The SMILES string of the molecule is Oc1cccc(C#Cc2ccc(Br)cc2)c1O. The van der Waals surface area contributed by atoms with Gasteiger partial charge in [-0.15, -0.1) is 0 Å². The highest BCUT2D eigenvalue weighted by molar-refractivity contribution is 9.10. The van der Waals surface area contributed by atoms with E-state index < -0.39 is 0 Å². The molecule has 2 nitrogen and oxygen atoms in total. The van der Waals surface area contributed by atoms with Crippen molar-refractivity contribution in [2.45, 2.75) is 0 Å². The van der Waals surface area contributed by atoms with Gasteiger partial charge in [-0.3, -0.25) is 0 Å². The molecule has 0 fully saturated rings. The van der Waals surface area contributed by atoms with Crippen molar-refractivity contribution in [3.63, 3.8) is 0 Å². The zero-order valence-corrected chi connectivity index (χ0v) is 10.4. The maximum Gasteiger partial charge on any atom is 0.173 e. The number of halogens is 1. The number of aromatic hydroxyl groups is 2. The molecule has 2 rings (SSSR count). The Morgan fingerprint density at radius 1 is 0.882 bits per heavy atom. The number of benzene rings is 2. The van der Waals surface area contributed by atoms with E-state index in [0.29, 0.717) is 5.56 Å². The van der Waals surface area contributed by atoms with E-state index in [-0.39, 0.29) is 11.5 Å². The number of hydrogen-bond donors (Lipinski definition) is 2. The average Bonchev–Trinajstić information content (AvgIpc) is 2.33. The van der Waals surface area contributed by atoms with Crippen molar-refractivity contribution in [3.05, 3.63) is 58.1 Å². The van der Waals surface area contributed by atoms with Crippen LogP contribution in [0.15, 0.2) is 46.9 Å². The summed E-state index contributed by atoms with van der Waals surface area (Å²) in [5.41, 5.74) is 1.25. The largest absolute Gasteiger partial charge is 0.504 e. The molecule has 0 radical (unpaired) electrons. The summed E-state index contributed by atoms with van der Waals surface area (Å²) in [5.74, 6) is 5.39. The highest BCUT2D eigenvalue weighted by Gasteiger charge is 2.01. The molecule has 0 heterocycles. The molecule has 0 aliphatic rings. The minimum Gasteiger partial charge on any atom is -0.504 e. The summed E-state index contributed by atoms with van der Waals surface area (Å²) < 4.78 is 0.989. The Morgan fingerprint density at radius 2 is 1.59 bits per heavy atom. The summed E-state index contributed by atoms with van der Waals surface area (Å²) in [6.07, 6.45) is 0. The van der Waals surface area contributed by atoms with Crippen molar-refractivity contribution in [2.75, 3.05) is 0 Å². The highest BCUT2D eigenvalue weighted by atomic mass is 79.9. The van der Waals surface area contributed by atoms with Gasteiger partial charge in [0.05, 0.1) is 5.56 Å². The van der Waals surface area contributed by atoms with Gasteiger partial charge in [0.1, 0.15) is 0 Å². The van der Waals surface area contributed by atoms with Crippen LogP contribution in [0.3, 0.4) is 0 Å². The van der Waals surface area contributed by atoms with Gasteiger partial charge in [0.25, 0.3) is 0 Å². The second-order valence-electron chi connectivity index (χ2n) is 3.43. The van der Waals surface area contributed by atoms with Crippen LogP contribution in [-0.4, -0.2) is 10.2 Å². The van der Waals surface area contributed by atoms with E-state index in [1.54, 1.807) is 12.1 Å². The standard InChI is InChI=1S/C14H9BrO2/c15-12-8-5-10(6-9-12)4-7-11-2-1-3-13(16)14(11)17/h1-3,5-6,8-9,16-17H. The van der Waals surface area contributed by atoms with E-state index in [1.807, 2.05) is 24.3 Å². The molecule has 2 aromatic carbocycles. The van der Waals surface area contributed by atoms with Gasteiger partial charge in [-0.05, 0) is 36.4 Å². The molecule has 84 valence electrons. The third kappa shape index (κ3) is 2.80. The Bertz CT molecular complexity index is 592. The third-order valence-corrected chi connectivity index (χ3v) is 2.73. The lowest BCUT2D eigenvalue weighted by molar-refractivity contribution is 0.403. The summed E-state index contributed by atoms with van der Waals surface area (Å²) in [4.78, 5) is 0. The van der Waals surface area contributed by atoms with E-state index in [1.165, 1.54) is 6.07 Å². The minimum atomic E-state index is -0.183. The van der Waals surface area contributed by atoms with Gasteiger partial charge in [0.15, 0.2) is 11.5 Å². The molecule has 0 saturated carbocycles. The number of phenolic OH excluding ortho intramolecular Hbond substituents is 2. The Balaban J connectivity index is 2.33. The van der Waals surface area contributed by atoms with E-state index >= 15 is 0 Å². The molecule has 0 aromatic heterocycles. The number of para-hydroxylation sites is 1. The van der Waals surface area contributed by atoms with Crippen molar-refractivity contribution in [1.29, 1.82) is 0 Å². The van der Waals surface area contributed by atoms with E-state index in [4.69, 9.17) is 0 Å². The molecule has 0 aliphatic carbocycles. The topological polar surface area (TPSA) is 40.5 Å². The Kier molecular flexibility index (Phi) is 3.36. The zero-order chi connectivity index (χ0) is 12.3. The summed E-state index contributed by atoms with van der Waals surface area (Å²) in [6.45, 7) is 0. The van der Waals surface area contributed by atoms with Crippen LogP contribution in [0.25, 0.3) is 0 Å². The third-order valence-electron chi connectivity index (χ3n) is 2.20. The molecular weight excluding hydrogens is 280 g/mol. The lowest BCUT2D eigenvalue weighted by Gasteiger charge is -1.98. The molecule has 0 unspecified atom stereocenters. The van der Waals surface area contributed by atoms with Gasteiger partial charge in [-0.1, -0.05) is 33.8 Å². The first-order valence-electron chi connectivity index (χ1n) is 4.95. The Morgan fingerprint density at radius 3 is 2.29 bits per heavy atom. The summed E-state index contributed by atoms with van der Waals surface area (Å²) in [6, 6.07) is 12.2. The Hall–Kier alpha value is -1.92. The monoisotopic (exact) mass is 288 g/mol. The van der Waals surface area contributed by atoms with Crippen molar-refractivity contribution in [1.82, 2.24) is 0 Å². The van der Waals surface area contributed by atoms with E-state index in [9.17, 15) is 10.2 Å². The van der Waals surface area contributed by atoms with Gasteiger partial charge in [-0.25, -0.2) is 0 Å². The van der Waals surface area contributed by atoms with Crippen LogP contribution in [0.2, 0.25) is 0 Å². The smallest absolute Gasteiger partial charge is 0.173 e. The summed E-state index contributed by atoms with van der Waals surface area (Å²) in [5, 5.41) is 18.9. The van der Waals surface area contributed by atoms with Gasteiger partial charge in [0.2, 0.25) is 0 Å². The first-order chi connectivity index (χ1) is 8.16. The lowest BCUT2D eigenvalue weighted by Crippen LogP contribution is -1.78. The second-order valence-corrected chi connectivity index (χ2v) is 4.35. The van der Waals surface area contributed by atoms with Crippen molar-refractivity contribution in [3.8, 4) is 23.3 Å². The molecule has 0 atom stereocenters. The molecule has 0 saturated heterocycles. The molecule has 0 spiro atoms. The quantitative estimate of drug-likeness (QED) is 0.577. The van der Waals surface area contributed by atoms with E-state index in [2.05, 4.69) is 27.8 Å². The summed E-state index contributed by atoms with van der Waals surface area (Å²) >= 11 is 3.34. The van der Waals surface area contributed by atoms with Gasteiger partial charge >= 0.3 is 0 Å². The van der Waals surface area contributed by atoms with Crippen molar-refractivity contribution < 1.29 is 10.2 Å². The average molecular weight is 289 g/mol. The van der Waals surface area contributed by atoms with Crippen LogP contribution in [0.1, 0.15) is 11.1 Å². The molecule has 2 N–H and O–H groups in total. The van der Waals surface area contributed by atoms with Crippen LogP contribution in [0.4, 0.5) is 0 Å². The minimum absolute atomic E-state index is 0.160.